The Morgan fingerprint density at radius 2 is 0.514 bits per heavy atom. The third kappa shape index (κ3) is 58.3. The largest absolute Gasteiger partial charge is 0.462 e. The van der Waals surface area contributed by atoms with Crippen molar-refractivity contribution in [2.24, 2.45) is 0 Å². The summed E-state index contributed by atoms with van der Waals surface area (Å²) in [5, 5.41) is 0. The maximum absolute atomic E-state index is 12.8. The van der Waals surface area contributed by atoms with Crippen molar-refractivity contribution < 1.29 is 28.6 Å². The van der Waals surface area contributed by atoms with Gasteiger partial charge in [-0.25, -0.2) is 0 Å². The lowest BCUT2D eigenvalue weighted by Gasteiger charge is -2.18. The van der Waals surface area contributed by atoms with Gasteiger partial charge in [0.15, 0.2) is 6.10 Å². The van der Waals surface area contributed by atoms with Crippen LogP contribution in [0.3, 0.4) is 0 Å². The van der Waals surface area contributed by atoms with Crippen molar-refractivity contribution in [1.82, 2.24) is 0 Å². The topological polar surface area (TPSA) is 78.9 Å². The highest BCUT2D eigenvalue weighted by molar-refractivity contribution is 5.71. The number of hydrogen-bond acceptors (Lipinski definition) is 6. The second kappa shape index (κ2) is 60.9. The van der Waals surface area contributed by atoms with Crippen LogP contribution < -0.4 is 0 Å². The van der Waals surface area contributed by atoms with E-state index >= 15 is 0 Å². The molecular formula is C66H120O6. The second-order valence-corrected chi connectivity index (χ2v) is 21.3. The third-order valence-electron chi connectivity index (χ3n) is 14.0. The molecule has 0 radical (unpaired) electrons. The van der Waals surface area contributed by atoms with Gasteiger partial charge in [-0.2, -0.15) is 0 Å². The van der Waals surface area contributed by atoms with Crippen molar-refractivity contribution in [3.8, 4) is 0 Å². The van der Waals surface area contributed by atoms with Crippen molar-refractivity contribution in [2.75, 3.05) is 13.2 Å². The van der Waals surface area contributed by atoms with E-state index in [2.05, 4.69) is 69.4 Å². The fraction of sp³-hybridized carbons (Fsp3) is 0.833. The number of carbonyl (C=O) groups excluding carboxylic acids is 3. The molecule has 0 amide bonds. The number of ether oxygens (including phenoxy) is 3. The molecule has 0 heterocycles. The maximum atomic E-state index is 12.8. The number of carbonyl (C=O) groups is 3. The monoisotopic (exact) mass is 1010 g/mol. The van der Waals surface area contributed by atoms with Crippen molar-refractivity contribution in [1.29, 1.82) is 0 Å². The first-order valence-electron chi connectivity index (χ1n) is 31.6. The van der Waals surface area contributed by atoms with Crippen LogP contribution in [0.15, 0.2) is 48.6 Å². The third-order valence-corrected chi connectivity index (χ3v) is 14.0. The zero-order valence-corrected chi connectivity index (χ0v) is 48.2. The molecule has 72 heavy (non-hydrogen) atoms. The van der Waals surface area contributed by atoms with E-state index in [1.807, 2.05) is 0 Å². The molecule has 6 heteroatoms. The lowest BCUT2D eigenvalue weighted by Crippen LogP contribution is -2.30. The van der Waals surface area contributed by atoms with Crippen molar-refractivity contribution in [2.45, 2.75) is 341 Å². The predicted molar refractivity (Wildman–Crippen MR) is 312 cm³/mol. The Hall–Kier alpha value is -2.63. The molecule has 0 aromatic carbocycles. The average molecular weight is 1010 g/mol. The first-order valence-corrected chi connectivity index (χ1v) is 31.6. The van der Waals surface area contributed by atoms with Crippen LogP contribution in [0.2, 0.25) is 0 Å². The zero-order valence-electron chi connectivity index (χ0n) is 48.2. The highest BCUT2D eigenvalue weighted by Crippen LogP contribution is 2.17. The van der Waals surface area contributed by atoms with E-state index in [1.165, 1.54) is 212 Å². The molecule has 0 bridgehead atoms. The van der Waals surface area contributed by atoms with E-state index in [9.17, 15) is 14.4 Å². The van der Waals surface area contributed by atoms with Gasteiger partial charge in [-0.15, -0.1) is 0 Å². The highest BCUT2D eigenvalue weighted by atomic mass is 16.6. The molecule has 0 saturated carbocycles. The molecule has 0 N–H and O–H groups in total. The lowest BCUT2D eigenvalue weighted by molar-refractivity contribution is -0.167. The molecule has 420 valence electrons. The Kier molecular flexibility index (Phi) is 58.7. The number of allylic oxidation sites excluding steroid dienone is 8. The Balaban J connectivity index is 4.06. The van der Waals surface area contributed by atoms with Gasteiger partial charge >= 0.3 is 17.9 Å². The van der Waals surface area contributed by atoms with Gasteiger partial charge in [-0.1, -0.05) is 268 Å². The molecule has 6 nitrogen and oxygen atoms in total. The number of unbranched alkanes of at least 4 members (excludes halogenated alkanes) is 39. The van der Waals surface area contributed by atoms with Gasteiger partial charge in [0.2, 0.25) is 0 Å². The number of esters is 3. The molecule has 1 unspecified atom stereocenters. The molecule has 0 aliphatic carbocycles. The minimum atomic E-state index is -0.777. The molecule has 0 aromatic heterocycles. The van der Waals surface area contributed by atoms with E-state index in [4.69, 9.17) is 14.2 Å². The summed E-state index contributed by atoms with van der Waals surface area (Å²) in [5.74, 6) is -0.881. The summed E-state index contributed by atoms with van der Waals surface area (Å²) in [5.41, 5.74) is 0. The number of rotatable bonds is 58. The van der Waals surface area contributed by atoms with Gasteiger partial charge in [0.1, 0.15) is 13.2 Å². The average Bonchev–Trinajstić information content (AvgIpc) is 3.38. The minimum Gasteiger partial charge on any atom is -0.462 e. The molecule has 0 aromatic rings. The van der Waals surface area contributed by atoms with Crippen LogP contribution in [0.4, 0.5) is 0 Å². The Bertz CT molecular complexity index is 1250. The van der Waals surface area contributed by atoms with E-state index in [-0.39, 0.29) is 31.1 Å². The van der Waals surface area contributed by atoms with Crippen molar-refractivity contribution in [3.63, 3.8) is 0 Å². The summed E-state index contributed by atoms with van der Waals surface area (Å²) < 4.78 is 16.8. The van der Waals surface area contributed by atoms with Crippen LogP contribution in [0.5, 0.6) is 0 Å². The quantitative estimate of drug-likeness (QED) is 0.0261. The highest BCUT2D eigenvalue weighted by Gasteiger charge is 2.19. The lowest BCUT2D eigenvalue weighted by atomic mass is 10.0. The van der Waals surface area contributed by atoms with Crippen LogP contribution in [0, 0.1) is 0 Å². The molecule has 0 fully saturated rings. The Morgan fingerprint density at radius 1 is 0.278 bits per heavy atom. The Labute approximate surface area is 448 Å². The summed E-state index contributed by atoms with van der Waals surface area (Å²) in [6.07, 6.45) is 75.7. The molecule has 0 aliphatic heterocycles. The molecule has 0 aliphatic rings. The van der Waals surface area contributed by atoms with E-state index < -0.39 is 6.10 Å². The first-order chi connectivity index (χ1) is 35.5. The minimum absolute atomic E-state index is 0.0759. The fourth-order valence-corrected chi connectivity index (χ4v) is 9.22. The normalized spacial score (nSPS) is 12.3. The second-order valence-electron chi connectivity index (χ2n) is 21.3. The van der Waals surface area contributed by atoms with Gasteiger partial charge in [-0.05, 0) is 96.3 Å². The summed E-state index contributed by atoms with van der Waals surface area (Å²) in [4.78, 5) is 38.1. The zero-order chi connectivity index (χ0) is 52.2. The number of hydrogen-bond donors (Lipinski definition) is 0. The van der Waals surface area contributed by atoms with Crippen LogP contribution in [-0.4, -0.2) is 37.2 Å². The van der Waals surface area contributed by atoms with Crippen molar-refractivity contribution in [3.05, 3.63) is 48.6 Å². The van der Waals surface area contributed by atoms with Crippen LogP contribution in [0.1, 0.15) is 335 Å². The van der Waals surface area contributed by atoms with Gasteiger partial charge in [0, 0.05) is 19.3 Å². The molecule has 1 atom stereocenters. The fourth-order valence-electron chi connectivity index (χ4n) is 9.22. The summed E-state index contributed by atoms with van der Waals surface area (Å²) >= 11 is 0. The smallest absolute Gasteiger partial charge is 0.306 e. The molecular weight excluding hydrogens is 889 g/mol. The van der Waals surface area contributed by atoms with Crippen LogP contribution in [0.25, 0.3) is 0 Å². The first kappa shape index (κ1) is 69.4. The van der Waals surface area contributed by atoms with Gasteiger partial charge in [-0.3, -0.25) is 14.4 Å². The molecule has 0 spiro atoms. The maximum Gasteiger partial charge on any atom is 0.306 e. The Morgan fingerprint density at radius 3 is 0.847 bits per heavy atom. The molecule has 0 rings (SSSR count). The molecule has 0 saturated heterocycles. The van der Waals surface area contributed by atoms with Gasteiger partial charge in [0.05, 0.1) is 0 Å². The van der Waals surface area contributed by atoms with E-state index in [0.717, 1.165) is 83.5 Å². The summed E-state index contributed by atoms with van der Waals surface area (Å²) in [7, 11) is 0. The van der Waals surface area contributed by atoms with Crippen molar-refractivity contribution >= 4 is 17.9 Å². The summed E-state index contributed by atoms with van der Waals surface area (Å²) in [6.45, 7) is 6.59. The van der Waals surface area contributed by atoms with Gasteiger partial charge < -0.3 is 14.2 Å². The summed E-state index contributed by atoms with van der Waals surface area (Å²) in [6, 6.07) is 0. The van der Waals surface area contributed by atoms with Crippen LogP contribution >= 0.6 is 0 Å². The predicted octanol–water partition coefficient (Wildman–Crippen LogP) is 21.4. The van der Waals surface area contributed by atoms with Crippen LogP contribution in [-0.2, 0) is 28.6 Å². The van der Waals surface area contributed by atoms with E-state index in [1.54, 1.807) is 0 Å². The van der Waals surface area contributed by atoms with E-state index in [0.29, 0.717) is 19.3 Å². The van der Waals surface area contributed by atoms with Gasteiger partial charge in [0.25, 0.3) is 0 Å². The standard InChI is InChI=1S/C66H120O6/c1-4-7-10-13-16-19-22-24-25-26-27-28-29-30-31-32-33-34-35-36-37-38-39-40-41-42-45-47-50-53-56-59-65(68)71-62-63(61-70-64(67)58-55-52-49-46-43-21-18-15-12-9-6-3)72-66(69)60-57-54-51-48-44-23-20-17-14-11-8-5-2/h15,17-18,20,22,24,26-27,63H,4-14,16,19,21,23,25,28-62H2,1-3H3/b18-15-,20-17-,24-22-,27-26-. The SMILES string of the molecule is CCCC/C=C\CCCCCCCC(=O)OCC(COC(=O)CCCCCCCCCCCCCCCCCCCCC/C=C\C/C=C\CCCCCCC)OC(=O)CCCCCCC/C=C\CCCCC.